The van der Waals surface area contributed by atoms with E-state index >= 15 is 0 Å². The first-order chi connectivity index (χ1) is 9.18. The largest absolute Gasteiger partial charge is 0.408 e. The van der Waals surface area contributed by atoms with Crippen molar-refractivity contribution in [3.05, 3.63) is 5.89 Å². The predicted octanol–water partition coefficient (Wildman–Crippen LogP) is 3.36. The minimum Gasteiger partial charge on any atom is -0.408 e. The lowest BCUT2D eigenvalue weighted by Crippen LogP contribution is -2.48. The van der Waals surface area contributed by atoms with Gasteiger partial charge in [0.25, 0.3) is 0 Å². The lowest BCUT2D eigenvalue weighted by atomic mass is 9.46. The molecule has 1 heterocycles. The molecule has 104 valence electrons. The van der Waals surface area contributed by atoms with E-state index < -0.39 is 0 Å². The molecule has 1 atom stereocenters. The highest BCUT2D eigenvalue weighted by molar-refractivity contribution is 5.13. The minimum atomic E-state index is 0.221. The Bertz CT molecular complexity index is 446. The molecule has 5 rings (SSSR count). The Hall–Kier alpha value is -1.06. The average molecular weight is 261 g/mol. The van der Waals surface area contributed by atoms with Crippen molar-refractivity contribution in [2.75, 3.05) is 5.73 Å². The van der Waals surface area contributed by atoms with Crippen LogP contribution in [0.1, 0.15) is 63.7 Å². The van der Waals surface area contributed by atoms with Crippen LogP contribution in [0.3, 0.4) is 0 Å². The molecule has 0 amide bonds. The molecule has 2 N–H and O–H groups in total. The van der Waals surface area contributed by atoms with E-state index in [1.165, 1.54) is 38.5 Å². The summed E-state index contributed by atoms with van der Waals surface area (Å²) in [6.45, 7) is 2.25. The number of hydrogen-bond acceptors (Lipinski definition) is 4. The zero-order chi connectivity index (χ0) is 13.0. The van der Waals surface area contributed by atoms with Gasteiger partial charge in [0.2, 0.25) is 5.89 Å². The van der Waals surface area contributed by atoms with Crippen molar-refractivity contribution in [3.63, 3.8) is 0 Å². The van der Waals surface area contributed by atoms with E-state index in [0.717, 1.165) is 30.1 Å². The first-order valence-corrected chi connectivity index (χ1v) is 7.77. The van der Waals surface area contributed by atoms with Gasteiger partial charge in [0.05, 0.1) is 0 Å². The first kappa shape index (κ1) is 11.7. The van der Waals surface area contributed by atoms with Crippen molar-refractivity contribution < 1.29 is 4.42 Å². The normalized spacial score (nSPS) is 41.6. The fraction of sp³-hybridized carbons (Fsp3) is 0.867. The molecule has 0 aliphatic heterocycles. The van der Waals surface area contributed by atoms with Gasteiger partial charge in [0.15, 0.2) is 0 Å². The second-order valence-corrected chi connectivity index (χ2v) is 7.22. The molecule has 4 aliphatic rings. The van der Waals surface area contributed by atoms with Gasteiger partial charge in [0.1, 0.15) is 0 Å². The van der Waals surface area contributed by atoms with E-state index in [1.54, 1.807) is 0 Å². The molecule has 4 heteroatoms. The number of anilines is 1. The number of nitrogens with two attached hydrogens (primary N) is 1. The van der Waals surface area contributed by atoms with Gasteiger partial charge >= 0.3 is 6.01 Å². The molecule has 19 heavy (non-hydrogen) atoms. The average Bonchev–Trinajstić information content (AvgIpc) is 2.74. The van der Waals surface area contributed by atoms with Crippen LogP contribution in [-0.4, -0.2) is 10.2 Å². The van der Waals surface area contributed by atoms with Crippen molar-refractivity contribution in [1.82, 2.24) is 10.2 Å². The summed E-state index contributed by atoms with van der Waals surface area (Å²) in [7, 11) is 0. The Morgan fingerprint density at radius 1 is 1.16 bits per heavy atom. The van der Waals surface area contributed by atoms with Gasteiger partial charge in [0, 0.05) is 5.92 Å². The lowest BCUT2D eigenvalue weighted by Gasteiger charge is -2.59. The molecule has 1 unspecified atom stereocenters. The Morgan fingerprint density at radius 2 is 1.74 bits per heavy atom. The predicted molar refractivity (Wildman–Crippen MR) is 72.3 cm³/mol. The van der Waals surface area contributed by atoms with E-state index in [0.29, 0.717) is 11.3 Å². The molecule has 0 aromatic carbocycles. The maximum absolute atomic E-state index is 5.62. The van der Waals surface area contributed by atoms with Crippen LogP contribution in [-0.2, 0) is 0 Å². The highest BCUT2D eigenvalue weighted by Gasteiger charge is 2.55. The molecule has 4 bridgehead atoms. The molecule has 4 saturated carbocycles. The number of aromatic nitrogens is 2. The van der Waals surface area contributed by atoms with Crippen LogP contribution in [0.5, 0.6) is 0 Å². The molecule has 0 saturated heterocycles. The molecule has 1 aromatic heterocycles. The molecule has 4 fully saturated rings. The number of rotatable bonds is 3. The van der Waals surface area contributed by atoms with Crippen LogP contribution in [0.2, 0.25) is 0 Å². The van der Waals surface area contributed by atoms with E-state index in [4.69, 9.17) is 10.2 Å². The van der Waals surface area contributed by atoms with Gasteiger partial charge in [-0.25, -0.2) is 0 Å². The fourth-order valence-electron chi connectivity index (χ4n) is 5.86. The van der Waals surface area contributed by atoms with E-state index in [-0.39, 0.29) is 6.01 Å². The second-order valence-electron chi connectivity index (χ2n) is 7.22. The molecular formula is C15H23N3O. The van der Waals surface area contributed by atoms with Gasteiger partial charge in [-0.3, -0.25) is 0 Å². The summed E-state index contributed by atoms with van der Waals surface area (Å²) in [5.41, 5.74) is 6.06. The van der Waals surface area contributed by atoms with Gasteiger partial charge in [-0.05, 0) is 68.1 Å². The second kappa shape index (κ2) is 3.97. The third kappa shape index (κ3) is 1.72. The summed E-state index contributed by atoms with van der Waals surface area (Å²) in [5.74, 6) is 4.09. The zero-order valence-electron chi connectivity index (χ0n) is 11.6. The number of nitrogen functional groups attached to an aromatic ring is 1. The number of hydrogen-bond donors (Lipinski definition) is 1. The maximum Gasteiger partial charge on any atom is 0.312 e. The summed E-state index contributed by atoms with van der Waals surface area (Å²) in [5, 5.41) is 8.08. The Morgan fingerprint density at radius 3 is 2.16 bits per heavy atom. The van der Waals surface area contributed by atoms with E-state index in [2.05, 4.69) is 17.1 Å². The molecule has 4 aliphatic carbocycles. The number of nitrogens with zero attached hydrogens (tertiary/aromatic N) is 2. The summed E-state index contributed by atoms with van der Waals surface area (Å²) in [6.07, 6.45) is 9.64. The van der Waals surface area contributed by atoms with Crippen LogP contribution in [0.15, 0.2) is 4.42 Å². The topological polar surface area (TPSA) is 64.9 Å². The monoisotopic (exact) mass is 261 g/mol. The maximum atomic E-state index is 5.62. The highest BCUT2D eigenvalue weighted by Crippen LogP contribution is 2.65. The van der Waals surface area contributed by atoms with Crippen LogP contribution in [0.25, 0.3) is 0 Å². The Kier molecular flexibility index (Phi) is 2.45. The Labute approximate surface area is 114 Å². The van der Waals surface area contributed by atoms with Gasteiger partial charge < -0.3 is 10.2 Å². The van der Waals surface area contributed by atoms with Crippen molar-refractivity contribution in [2.45, 2.75) is 57.8 Å². The smallest absolute Gasteiger partial charge is 0.312 e. The summed E-state index contributed by atoms with van der Waals surface area (Å²) in [6, 6.07) is 0.221. The summed E-state index contributed by atoms with van der Waals surface area (Å²) in [4.78, 5) is 0. The molecule has 0 radical (unpaired) electrons. The van der Waals surface area contributed by atoms with E-state index in [1.807, 2.05) is 0 Å². The van der Waals surface area contributed by atoms with Gasteiger partial charge in [-0.2, -0.15) is 0 Å². The van der Waals surface area contributed by atoms with Crippen molar-refractivity contribution in [3.8, 4) is 0 Å². The third-order valence-electron chi connectivity index (χ3n) is 5.99. The standard InChI is InChI=1S/C15H23N3O/c1-2-12(13-17-18-14(16)19-13)15-6-9-3-10(7-15)5-11(4-9)8-15/h9-12H,2-8H2,1H3,(H2,16,18). The molecule has 0 spiro atoms. The van der Waals surface area contributed by atoms with Gasteiger partial charge in [-0.15, -0.1) is 5.10 Å². The summed E-state index contributed by atoms with van der Waals surface area (Å²) >= 11 is 0. The van der Waals surface area contributed by atoms with Crippen LogP contribution >= 0.6 is 0 Å². The van der Waals surface area contributed by atoms with Crippen LogP contribution < -0.4 is 5.73 Å². The minimum absolute atomic E-state index is 0.221. The first-order valence-electron chi connectivity index (χ1n) is 7.77. The molecule has 1 aromatic rings. The lowest BCUT2D eigenvalue weighted by molar-refractivity contribution is -0.0734. The third-order valence-corrected chi connectivity index (χ3v) is 5.99. The van der Waals surface area contributed by atoms with Crippen LogP contribution in [0.4, 0.5) is 6.01 Å². The quantitative estimate of drug-likeness (QED) is 0.906. The SMILES string of the molecule is CCC(c1nnc(N)o1)C12CC3CC(CC(C3)C1)C2. The van der Waals surface area contributed by atoms with E-state index in [9.17, 15) is 0 Å². The van der Waals surface area contributed by atoms with Crippen molar-refractivity contribution >= 4 is 6.01 Å². The summed E-state index contributed by atoms with van der Waals surface area (Å²) < 4.78 is 5.58. The van der Waals surface area contributed by atoms with Gasteiger partial charge in [-0.1, -0.05) is 12.0 Å². The highest BCUT2D eigenvalue weighted by atomic mass is 16.4. The molecular weight excluding hydrogens is 238 g/mol. The fourth-order valence-corrected chi connectivity index (χ4v) is 5.86. The zero-order valence-corrected chi connectivity index (χ0v) is 11.6. The van der Waals surface area contributed by atoms with Crippen molar-refractivity contribution in [2.24, 2.45) is 23.2 Å². The Balaban J connectivity index is 1.69. The van der Waals surface area contributed by atoms with Crippen LogP contribution in [0, 0.1) is 23.2 Å². The molecule has 4 nitrogen and oxygen atoms in total. The van der Waals surface area contributed by atoms with Crippen molar-refractivity contribution in [1.29, 1.82) is 0 Å².